The summed E-state index contributed by atoms with van der Waals surface area (Å²) in [6, 6.07) is 14.4. The van der Waals surface area contributed by atoms with Crippen LogP contribution in [-0.2, 0) is 11.3 Å². The predicted octanol–water partition coefficient (Wildman–Crippen LogP) is 4.82. The summed E-state index contributed by atoms with van der Waals surface area (Å²) in [5.41, 5.74) is 3.74. The van der Waals surface area contributed by atoms with E-state index in [9.17, 15) is 4.79 Å². The molecule has 0 spiro atoms. The molecule has 3 heterocycles. The van der Waals surface area contributed by atoms with Gasteiger partial charge >= 0.3 is 6.09 Å². The summed E-state index contributed by atoms with van der Waals surface area (Å²) >= 11 is 3.51. The fourth-order valence-electron chi connectivity index (χ4n) is 3.66. The minimum Gasteiger partial charge on any atom is -0.444 e. The lowest BCUT2D eigenvalue weighted by Crippen LogP contribution is -2.49. The lowest BCUT2D eigenvalue weighted by atomic mass is 10.1. The van der Waals surface area contributed by atoms with Gasteiger partial charge < -0.3 is 14.0 Å². The lowest BCUT2D eigenvalue weighted by Gasteiger charge is -2.35. The van der Waals surface area contributed by atoms with E-state index in [2.05, 4.69) is 43.6 Å². The highest BCUT2D eigenvalue weighted by molar-refractivity contribution is 9.10. The third-order valence-corrected chi connectivity index (χ3v) is 5.67. The topological polar surface area (TPSA) is 50.1 Å². The van der Waals surface area contributed by atoms with E-state index in [0.717, 1.165) is 41.0 Å². The number of nitrogens with zero attached hydrogens (tertiary/aromatic N) is 4. The van der Waals surface area contributed by atoms with Crippen LogP contribution in [0.2, 0.25) is 0 Å². The molecule has 6 nitrogen and oxygen atoms in total. The van der Waals surface area contributed by atoms with Gasteiger partial charge in [-0.05, 0) is 45.0 Å². The Morgan fingerprint density at radius 1 is 1.07 bits per heavy atom. The van der Waals surface area contributed by atoms with Crippen LogP contribution in [0.25, 0.3) is 16.9 Å². The molecular formula is C23H27BrN4O2. The molecule has 1 aliphatic rings. The first-order chi connectivity index (χ1) is 14.3. The zero-order valence-corrected chi connectivity index (χ0v) is 19.2. The number of rotatable bonds is 3. The Balaban J connectivity index is 1.52. The smallest absolute Gasteiger partial charge is 0.410 e. The number of carbonyl (C=O) groups excluding carboxylic acids is 1. The summed E-state index contributed by atoms with van der Waals surface area (Å²) in [5.74, 6) is 0. The lowest BCUT2D eigenvalue weighted by molar-refractivity contribution is 0.0138. The van der Waals surface area contributed by atoms with Crippen molar-refractivity contribution in [2.24, 2.45) is 0 Å². The first-order valence-corrected chi connectivity index (χ1v) is 11.0. The molecule has 0 N–H and O–H groups in total. The summed E-state index contributed by atoms with van der Waals surface area (Å²) in [6.07, 6.45) is 1.84. The minimum absolute atomic E-state index is 0.229. The fraction of sp³-hybridized carbons (Fsp3) is 0.391. The molecule has 4 rings (SSSR count). The molecule has 0 radical (unpaired) electrons. The maximum atomic E-state index is 12.3. The first kappa shape index (κ1) is 20.9. The molecule has 0 atom stereocenters. The fourth-order valence-corrected chi connectivity index (χ4v) is 3.93. The van der Waals surface area contributed by atoms with Crippen LogP contribution in [0.3, 0.4) is 0 Å². The van der Waals surface area contributed by atoms with Gasteiger partial charge in [-0.2, -0.15) is 0 Å². The summed E-state index contributed by atoms with van der Waals surface area (Å²) in [6.45, 7) is 9.41. The molecule has 0 bridgehead atoms. The minimum atomic E-state index is -0.468. The largest absolute Gasteiger partial charge is 0.444 e. The average Bonchev–Trinajstić information content (AvgIpc) is 3.06. The van der Waals surface area contributed by atoms with Crippen LogP contribution in [0.4, 0.5) is 4.79 Å². The third kappa shape index (κ3) is 4.68. The molecule has 1 saturated heterocycles. The summed E-state index contributed by atoms with van der Waals surface area (Å²) < 4.78 is 8.73. The molecule has 1 aliphatic heterocycles. The zero-order chi connectivity index (χ0) is 21.3. The van der Waals surface area contributed by atoms with Gasteiger partial charge in [-0.3, -0.25) is 4.90 Å². The van der Waals surface area contributed by atoms with Crippen molar-refractivity contribution >= 4 is 27.7 Å². The molecule has 0 unspecified atom stereocenters. The van der Waals surface area contributed by atoms with Crippen molar-refractivity contribution in [1.29, 1.82) is 0 Å². The van der Waals surface area contributed by atoms with Gasteiger partial charge in [-0.1, -0.05) is 34.1 Å². The van der Waals surface area contributed by atoms with E-state index >= 15 is 0 Å². The number of piperazine rings is 1. The molecular weight excluding hydrogens is 444 g/mol. The maximum absolute atomic E-state index is 12.3. The molecule has 158 valence electrons. The molecule has 2 aromatic heterocycles. The second kappa shape index (κ2) is 8.40. The monoisotopic (exact) mass is 470 g/mol. The summed E-state index contributed by atoms with van der Waals surface area (Å²) in [4.78, 5) is 21.4. The number of imidazole rings is 1. The molecule has 3 aromatic rings. The van der Waals surface area contributed by atoms with Gasteiger partial charge in [0, 0.05) is 49.0 Å². The van der Waals surface area contributed by atoms with E-state index in [-0.39, 0.29) is 6.09 Å². The van der Waals surface area contributed by atoms with Crippen LogP contribution < -0.4 is 0 Å². The number of hydrogen-bond donors (Lipinski definition) is 0. The molecule has 0 aliphatic carbocycles. The molecule has 0 saturated carbocycles. The van der Waals surface area contributed by atoms with Crippen molar-refractivity contribution in [3.05, 3.63) is 58.8 Å². The van der Waals surface area contributed by atoms with Gasteiger partial charge in [0.25, 0.3) is 0 Å². The number of fused-ring (bicyclic) bond motifs is 1. The van der Waals surface area contributed by atoms with Gasteiger partial charge in [0.2, 0.25) is 0 Å². The molecule has 7 heteroatoms. The number of benzene rings is 1. The Labute approximate surface area is 185 Å². The van der Waals surface area contributed by atoms with E-state index in [4.69, 9.17) is 9.72 Å². The van der Waals surface area contributed by atoms with Crippen molar-refractivity contribution in [1.82, 2.24) is 19.2 Å². The van der Waals surface area contributed by atoms with Crippen LogP contribution in [0, 0.1) is 0 Å². The predicted molar refractivity (Wildman–Crippen MR) is 121 cm³/mol. The normalized spacial score (nSPS) is 15.5. The van der Waals surface area contributed by atoms with Gasteiger partial charge in [0.05, 0.1) is 11.4 Å². The Kier molecular flexibility index (Phi) is 5.84. The van der Waals surface area contributed by atoms with Gasteiger partial charge in [0.1, 0.15) is 11.2 Å². The SMILES string of the molecule is CC(C)(C)OC(=O)N1CCN(Cc2c(-c3ccc(Br)cc3)nc3ccccn23)CC1. The highest BCUT2D eigenvalue weighted by Gasteiger charge is 2.27. The van der Waals surface area contributed by atoms with Crippen molar-refractivity contribution < 1.29 is 9.53 Å². The quantitative estimate of drug-likeness (QED) is 0.550. The number of hydrogen-bond acceptors (Lipinski definition) is 4. The Morgan fingerprint density at radius 2 is 1.77 bits per heavy atom. The van der Waals surface area contributed by atoms with E-state index < -0.39 is 5.60 Å². The number of amides is 1. The molecule has 1 aromatic carbocycles. The van der Waals surface area contributed by atoms with Crippen LogP contribution in [0.1, 0.15) is 26.5 Å². The highest BCUT2D eigenvalue weighted by atomic mass is 79.9. The van der Waals surface area contributed by atoms with Crippen molar-refractivity contribution in [2.45, 2.75) is 32.9 Å². The van der Waals surface area contributed by atoms with Crippen molar-refractivity contribution in [3.8, 4) is 11.3 Å². The second-order valence-electron chi connectivity index (χ2n) is 8.59. The average molecular weight is 471 g/mol. The Hall–Kier alpha value is -2.38. The maximum Gasteiger partial charge on any atom is 0.410 e. The number of halogens is 1. The Bertz CT molecular complexity index is 1030. The zero-order valence-electron chi connectivity index (χ0n) is 17.6. The van der Waals surface area contributed by atoms with E-state index in [0.29, 0.717) is 13.1 Å². The van der Waals surface area contributed by atoms with Crippen LogP contribution >= 0.6 is 15.9 Å². The van der Waals surface area contributed by atoms with Gasteiger partial charge in [-0.15, -0.1) is 0 Å². The van der Waals surface area contributed by atoms with Crippen molar-refractivity contribution in [2.75, 3.05) is 26.2 Å². The van der Waals surface area contributed by atoms with Gasteiger partial charge in [-0.25, -0.2) is 9.78 Å². The number of aromatic nitrogens is 2. The summed E-state index contributed by atoms with van der Waals surface area (Å²) in [5, 5.41) is 0. The standard InChI is InChI=1S/C23H27BrN4O2/c1-23(2,3)30-22(29)27-14-12-26(13-15-27)16-19-21(17-7-9-18(24)10-8-17)25-20-6-4-5-11-28(19)20/h4-11H,12-16H2,1-3H3. The molecule has 30 heavy (non-hydrogen) atoms. The van der Waals surface area contributed by atoms with E-state index in [1.807, 2.05) is 51.1 Å². The Morgan fingerprint density at radius 3 is 2.43 bits per heavy atom. The number of carbonyl (C=O) groups is 1. The van der Waals surface area contributed by atoms with E-state index in [1.165, 1.54) is 5.69 Å². The number of ether oxygens (including phenoxy) is 1. The highest BCUT2D eigenvalue weighted by Crippen LogP contribution is 2.27. The van der Waals surface area contributed by atoms with Crippen LogP contribution in [0.5, 0.6) is 0 Å². The third-order valence-electron chi connectivity index (χ3n) is 5.14. The van der Waals surface area contributed by atoms with Crippen LogP contribution in [-0.4, -0.2) is 57.1 Å². The van der Waals surface area contributed by atoms with Crippen molar-refractivity contribution in [3.63, 3.8) is 0 Å². The van der Waals surface area contributed by atoms with Gasteiger partial charge in [0.15, 0.2) is 0 Å². The summed E-state index contributed by atoms with van der Waals surface area (Å²) in [7, 11) is 0. The second-order valence-corrected chi connectivity index (χ2v) is 9.50. The molecule has 1 fully saturated rings. The van der Waals surface area contributed by atoms with E-state index in [1.54, 1.807) is 4.90 Å². The molecule has 1 amide bonds. The van der Waals surface area contributed by atoms with Crippen LogP contribution in [0.15, 0.2) is 53.1 Å². The number of pyridine rings is 1. The first-order valence-electron chi connectivity index (χ1n) is 10.2.